The van der Waals surface area contributed by atoms with Crippen molar-refractivity contribution in [2.45, 2.75) is 32.5 Å². The number of aromatic nitrogens is 1. The van der Waals surface area contributed by atoms with Crippen molar-refractivity contribution in [3.05, 3.63) is 22.9 Å². The number of hydrogen-bond acceptors (Lipinski definition) is 6. The highest BCUT2D eigenvalue weighted by Crippen LogP contribution is 2.26. The first-order chi connectivity index (χ1) is 8.36. The summed E-state index contributed by atoms with van der Waals surface area (Å²) in [6.07, 6.45) is -2.71. The monoisotopic (exact) mass is 254 g/mol. The molecule has 0 spiro atoms. The standard InChI is InChI=1S/C12H18N2O4/c1-6-4-9(13)14-7(2)11(6)12(17)8(15)5-10(16)18-3/h4,8,12,15,17H,5H2,1-3H3,(H2,13,14). The molecular weight excluding hydrogens is 236 g/mol. The molecule has 100 valence electrons. The Hall–Kier alpha value is -1.66. The van der Waals surface area contributed by atoms with Gasteiger partial charge in [-0.2, -0.15) is 0 Å². The first-order valence-electron chi connectivity index (χ1n) is 5.53. The van der Waals surface area contributed by atoms with Gasteiger partial charge in [0.05, 0.1) is 19.6 Å². The second-order valence-corrected chi connectivity index (χ2v) is 4.16. The maximum absolute atomic E-state index is 11.1. The fourth-order valence-corrected chi connectivity index (χ4v) is 1.88. The van der Waals surface area contributed by atoms with Crippen LogP contribution in [-0.4, -0.2) is 34.4 Å². The molecule has 6 heteroatoms. The van der Waals surface area contributed by atoms with Crippen molar-refractivity contribution >= 4 is 11.8 Å². The molecule has 2 atom stereocenters. The number of aliphatic hydroxyl groups is 2. The van der Waals surface area contributed by atoms with Crippen LogP contribution in [0.15, 0.2) is 6.07 Å². The largest absolute Gasteiger partial charge is 0.469 e. The number of esters is 1. The minimum absolute atomic E-state index is 0.277. The maximum atomic E-state index is 11.1. The Morgan fingerprint density at radius 3 is 2.61 bits per heavy atom. The molecule has 1 rings (SSSR count). The van der Waals surface area contributed by atoms with E-state index in [-0.39, 0.29) is 6.42 Å². The van der Waals surface area contributed by atoms with Gasteiger partial charge < -0.3 is 20.7 Å². The van der Waals surface area contributed by atoms with E-state index in [1.54, 1.807) is 19.9 Å². The zero-order valence-corrected chi connectivity index (χ0v) is 10.7. The van der Waals surface area contributed by atoms with Gasteiger partial charge in [-0.15, -0.1) is 0 Å². The van der Waals surface area contributed by atoms with Gasteiger partial charge in [-0.25, -0.2) is 4.98 Å². The lowest BCUT2D eigenvalue weighted by Crippen LogP contribution is -2.24. The molecule has 0 radical (unpaired) electrons. The van der Waals surface area contributed by atoms with E-state index in [1.165, 1.54) is 7.11 Å². The molecule has 0 fully saturated rings. The minimum Gasteiger partial charge on any atom is -0.469 e. The lowest BCUT2D eigenvalue weighted by molar-refractivity contribution is -0.144. The molecule has 0 aliphatic rings. The first-order valence-corrected chi connectivity index (χ1v) is 5.53. The summed E-state index contributed by atoms with van der Waals surface area (Å²) in [6.45, 7) is 3.45. The number of nitrogens with zero attached hydrogens (tertiary/aromatic N) is 1. The lowest BCUT2D eigenvalue weighted by Gasteiger charge is -2.20. The van der Waals surface area contributed by atoms with Gasteiger partial charge in [0.25, 0.3) is 0 Å². The topological polar surface area (TPSA) is 106 Å². The van der Waals surface area contributed by atoms with Crippen LogP contribution in [0.25, 0.3) is 0 Å². The first kappa shape index (κ1) is 14.4. The molecular formula is C12H18N2O4. The van der Waals surface area contributed by atoms with E-state index < -0.39 is 18.2 Å². The van der Waals surface area contributed by atoms with Crippen LogP contribution < -0.4 is 5.73 Å². The van der Waals surface area contributed by atoms with Gasteiger partial charge in [-0.05, 0) is 25.5 Å². The van der Waals surface area contributed by atoms with Crippen LogP contribution in [0.3, 0.4) is 0 Å². The number of carbonyl (C=O) groups excluding carboxylic acids is 1. The average Bonchev–Trinajstić information content (AvgIpc) is 2.27. The molecule has 2 unspecified atom stereocenters. The van der Waals surface area contributed by atoms with Gasteiger partial charge in [0.15, 0.2) is 0 Å². The molecule has 18 heavy (non-hydrogen) atoms. The van der Waals surface area contributed by atoms with Gasteiger partial charge in [0.2, 0.25) is 0 Å². The summed E-state index contributed by atoms with van der Waals surface area (Å²) in [5, 5.41) is 19.8. The lowest BCUT2D eigenvalue weighted by atomic mass is 9.96. The number of aliphatic hydroxyl groups excluding tert-OH is 2. The van der Waals surface area contributed by atoms with Gasteiger partial charge in [-0.1, -0.05) is 0 Å². The molecule has 0 saturated heterocycles. The average molecular weight is 254 g/mol. The fourth-order valence-electron chi connectivity index (χ4n) is 1.88. The molecule has 0 saturated carbocycles. The maximum Gasteiger partial charge on any atom is 0.308 e. The van der Waals surface area contributed by atoms with Crippen LogP contribution in [0.1, 0.15) is 29.3 Å². The molecule has 0 bridgehead atoms. The summed E-state index contributed by atoms with van der Waals surface area (Å²) in [7, 11) is 1.22. The summed E-state index contributed by atoms with van der Waals surface area (Å²) >= 11 is 0. The van der Waals surface area contributed by atoms with Crippen molar-refractivity contribution in [3.8, 4) is 0 Å². The number of nitrogens with two attached hydrogens (primary N) is 1. The Bertz CT molecular complexity index is 425. The normalized spacial score (nSPS) is 14.1. The van der Waals surface area contributed by atoms with E-state index in [4.69, 9.17) is 5.73 Å². The van der Waals surface area contributed by atoms with E-state index in [1.807, 2.05) is 0 Å². The van der Waals surface area contributed by atoms with Crippen LogP contribution in [0.5, 0.6) is 0 Å². The summed E-state index contributed by atoms with van der Waals surface area (Å²) in [4.78, 5) is 15.1. The smallest absolute Gasteiger partial charge is 0.308 e. The number of hydrogen-bond donors (Lipinski definition) is 3. The second-order valence-electron chi connectivity index (χ2n) is 4.16. The van der Waals surface area contributed by atoms with E-state index in [0.717, 1.165) is 5.56 Å². The number of rotatable bonds is 4. The molecule has 6 nitrogen and oxygen atoms in total. The highest BCUT2D eigenvalue weighted by atomic mass is 16.5. The Morgan fingerprint density at radius 2 is 2.11 bits per heavy atom. The number of aryl methyl sites for hydroxylation is 2. The zero-order valence-electron chi connectivity index (χ0n) is 10.7. The summed E-state index contributed by atoms with van der Waals surface area (Å²) in [6, 6.07) is 1.61. The molecule has 0 aliphatic heterocycles. The van der Waals surface area contributed by atoms with E-state index in [9.17, 15) is 15.0 Å². The Kier molecular flexibility index (Phi) is 4.63. The number of ether oxygens (including phenoxy) is 1. The van der Waals surface area contributed by atoms with Gasteiger partial charge in [-0.3, -0.25) is 4.79 Å². The summed E-state index contributed by atoms with van der Waals surface area (Å²) < 4.78 is 4.44. The predicted molar refractivity (Wildman–Crippen MR) is 65.7 cm³/mol. The van der Waals surface area contributed by atoms with Crippen molar-refractivity contribution in [2.75, 3.05) is 12.8 Å². The third-order valence-electron chi connectivity index (χ3n) is 2.74. The molecule has 0 aromatic carbocycles. The molecule has 1 aromatic heterocycles. The zero-order chi connectivity index (χ0) is 13.9. The van der Waals surface area contributed by atoms with E-state index in [2.05, 4.69) is 9.72 Å². The van der Waals surface area contributed by atoms with Crippen LogP contribution in [0.4, 0.5) is 5.82 Å². The number of methoxy groups -OCH3 is 1. The molecule has 0 aliphatic carbocycles. The van der Waals surface area contributed by atoms with Crippen molar-refractivity contribution in [1.82, 2.24) is 4.98 Å². The number of anilines is 1. The predicted octanol–water partition coefficient (Wildman–Crippen LogP) is 0.238. The quantitative estimate of drug-likeness (QED) is 0.664. The van der Waals surface area contributed by atoms with Crippen LogP contribution in [0, 0.1) is 13.8 Å². The third-order valence-corrected chi connectivity index (χ3v) is 2.74. The van der Waals surface area contributed by atoms with Crippen molar-refractivity contribution < 1.29 is 19.7 Å². The Balaban J connectivity index is 2.96. The fraction of sp³-hybridized carbons (Fsp3) is 0.500. The SMILES string of the molecule is COC(=O)CC(O)C(O)c1c(C)cc(N)nc1C. The number of nitrogen functional groups attached to an aromatic ring is 1. The van der Waals surface area contributed by atoms with Gasteiger partial charge in [0.1, 0.15) is 11.9 Å². The number of carbonyl (C=O) groups is 1. The summed E-state index contributed by atoms with van der Waals surface area (Å²) in [5.74, 6) is -0.233. The van der Waals surface area contributed by atoms with Gasteiger partial charge in [0, 0.05) is 11.3 Å². The van der Waals surface area contributed by atoms with Crippen LogP contribution in [-0.2, 0) is 9.53 Å². The highest BCUT2D eigenvalue weighted by molar-refractivity contribution is 5.69. The summed E-state index contributed by atoms with van der Waals surface area (Å²) in [5.41, 5.74) is 7.31. The van der Waals surface area contributed by atoms with Crippen molar-refractivity contribution in [2.24, 2.45) is 0 Å². The van der Waals surface area contributed by atoms with E-state index >= 15 is 0 Å². The van der Waals surface area contributed by atoms with Gasteiger partial charge >= 0.3 is 5.97 Å². The molecule has 1 aromatic rings. The molecule has 0 amide bonds. The van der Waals surface area contributed by atoms with Crippen molar-refractivity contribution in [1.29, 1.82) is 0 Å². The van der Waals surface area contributed by atoms with Crippen molar-refractivity contribution in [3.63, 3.8) is 0 Å². The van der Waals surface area contributed by atoms with Crippen LogP contribution >= 0.6 is 0 Å². The Labute approximate surface area is 105 Å². The third kappa shape index (κ3) is 3.18. The minimum atomic E-state index is -1.24. The Morgan fingerprint density at radius 1 is 1.50 bits per heavy atom. The highest BCUT2D eigenvalue weighted by Gasteiger charge is 2.25. The second kappa shape index (κ2) is 5.79. The molecule has 1 heterocycles. The number of pyridine rings is 1. The van der Waals surface area contributed by atoms with E-state index in [0.29, 0.717) is 17.1 Å². The van der Waals surface area contributed by atoms with Crippen LogP contribution in [0.2, 0.25) is 0 Å². The molecule has 4 N–H and O–H groups in total.